The van der Waals surface area contributed by atoms with Crippen LogP contribution in [0.2, 0.25) is 0 Å². The van der Waals surface area contributed by atoms with E-state index in [4.69, 9.17) is 15.1 Å². The van der Waals surface area contributed by atoms with Gasteiger partial charge >= 0.3 is 0 Å². The Bertz CT molecular complexity index is 1280. The van der Waals surface area contributed by atoms with E-state index in [9.17, 15) is 0 Å². The lowest BCUT2D eigenvalue weighted by Crippen LogP contribution is -2.14. The number of thiazole rings is 1. The Labute approximate surface area is 190 Å². The summed E-state index contributed by atoms with van der Waals surface area (Å²) in [7, 11) is 0. The summed E-state index contributed by atoms with van der Waals surface area (Å²) in [6.45, 7) is 0. The molecule has 0 aliphatic rings. The molecule has 3 N–H and O–H groups in total. The van der Waals surface area contributed by atoms with Gasteiger partial charge in [0.25, 0.3) is 6.01 Å². The topological polar surface area (TPSA) is 77.0 Å². The minimum atomic E-state index is -0.102. The van der Waals surface area contributed by atoms with Gasteiger partial charge in [0.2, 0.25) is 0 Å². The third-order valence-electron chi connectivity index (χ3n) is 5.18. The molecule has 32 heavy (non-hydrogen) atoms. The summed E-state index contributed by atoms with van der Waals surface area (Å²) in [5.41, 5.74) is 10.8. The van der Waals surface area contributed by atoms with E-state index in [-0.39, 0.29) is 6.04 Å². The van der Waals surface area contributed by atoms with E-state index in [1.54, 1.807) is 17.5 Å². The lowest BCUT2D eigenvalue weighted by atomic mass is 10.0. The second-order valence-electron chi connectivity index (χ2n) is 7.48. The Morgan fingerprint density at radius 2 is 1.56 bits per heavy atom. The minimum absolute atomic E-state index is 0.102. The van der Waals surface area contributed by atoms with Gasteiger partial charge in [-0.15, -0.1) is 11.3 Å². The van der Waals surface area contributed by atoms with E-state index in [2.05, 4.69) is 27.8 Å². The van der Waals surface area contributed by atoms with Crippen molar-refractivity contribution in [2.24, 2.45) is 0 Å². The van der Waals surface area contributed by atoms with Crippen LogP contribution in [-0.2, 0) is 6.42 Å². The molecule has 6 heteroatoms. The van der Waals surface area contributed by atoms with Crippen LogP contribution in [0.3, 0.4) is 0 Å². The molecule has 5 rings (SSSR count). The van der Waals surface area contributed by atoms with Crippen LogP contribution in [0.15, 0.2) is 101 Å². The predicted octanol–water partition coefficient (Wildman–Crippen LogP) is 6.44. The summed E-state index contributed by atoms with van der Waals surface area (Å²) in [5.74, 6) is 0.725. The van der Waals surface area contributed by atoms with Crippen LogP contribution in [-0.4, -0.2) is 9.97 Å². The molecule has 0 fully saturated rings. The highest BCUT2D eigenvalue weighted by atomic mass is 32.1. The van der Waals surface area contributed by atoms with Crippen LogP contribution in [0, 0.1) is 0 Å². The molecule has 1 atom stereocenters. The second kappa shape index (κ2) is 9.08. The second-order valence-corrected chi connectivity index (χ2v) is 8.34. The Morgan fingerprint density at radius 3 is 2.28 bits per heavy atom. The number of benzene rings is 3. The molecule has 0 saturated carbocycles. The number of aromatic nitrogens is 2. The fourth-order valence-electron chi connectivity index (χ4n) is 3.50. The highest BCUT2D eigenvalue weighted by Gasteiger charge is 2.19. The van der Waals surface area contributed by atoms with E-state index in [1.807, 2.05) is 72.8 Å². The highest BCUT2D eigenvalue weighted by molar-refractivity contribution is 7.13. The van der Waals surface area contributed by atoms with Gasteiger partial charge in [-0.3, -0.25) is 0 Å². The highest BCUT2D eigenvalue weighted by Crippen LogP contribution is 2.31. The first-order chi connectivity index (χ1) is 15.7. The largest absolute Gasteiger partial charge is 0.424 e. The summed E-state index contributed by atoms with van der Waals surface area (Å²) in [5, 5.41) is 6.53. The van der Waals surface area contributed by atoms with Gasteiger partial charge in [0.1, 0.15) is 5.01 Å². The van der Waals surface area contributed by atoms with Crippen molar-refractivity contribution < 1.29 is 4.42 Å². The maximum atomic E-state index is 6.00. The van der Waals surface area contributed by atoms with Gasteiger partial charge < -0.3 is 15.5 Å². The zero-order chi connectivity index (χ0) is 21.8. The average Bonchev–Trinajstić information content (AvgIpc) is 3.51. The van der Waals surface area contributed by atoms with E-state index in [0.29, 0.717) is 6.01 Å². The maximum Gasteiger partial charge on any atom is 0.295 e. The first-order valence-corrected chi connectivity index (χ1v) is 11.3. The third-order valence-corrected chi connectivity index (χ3v) is 6.09. The van der Waals surface area contributed by atoms with Gasteiger partial charge in [0, 0.05) is 22.2 Å². The standard InChI is InChI=1S/C26H22N4OS/c27-21-13-11-18(12-14-21)15-22(23-17-32-25(29-23)20-9-5-2-6-10-20)30-26-28-16-24(31-26)19-7-3-1-4-8-19/h1-14,16-17,22H,15,27H2,(H,28,30)/t22-/m0/s1. The molecule has 0 unspecified atom stereocenters. The molecule has 0 aliphatic heterocycles. The Balaban J connectivity index is 1.43. The fourth-order valence-corrected chi connectivity index (χ4v) is 4.38. The van der Waals surface area contributed by atoms with Crippen molar-refractivity contribution in [3.05, 3.63) is 108 Å². The summed E-state index contributed by atoms with van der Waals surface area (Å²) in [6.07, 6.45) is 2.47. The predicted molar refractivity (Wildman–Crippen MR) is 130 cm³/mol. The first-order valence-electron chi connectivity index (χ1n) is 10.4. The Morgan fingerprint density at radius 1 is 0.875 bits per heavy atom. The van der Waals surface area contributed by atoms with Crippen LogP contribution in [0.1, 0.15) is 17.3 Å². The average molecular weight is 439 g/mol. The molecule has 5 aromatic rings. The van der Waals surface area contributed by atoms with Gasteiger partial charge in [-0.2, -0.15) is 0 Å². The number of nitrogens with two attached hydrogens (primary N) is 1. The van der Waals surface area contributed by atoms with Gasteiger partial charge in [-0.1, -0.05) is 72.8 Å². The molecule has 0 aliphatic carbocycles. The Kier molecular flexibility index (Phi) is 5.68. The zero-order valence-corrected chi connectivity index (χ0v) is 18.1. The molecular weight excluding hydrogens is 416 g/mol. The number of anilines is 2. The molecule has 0 saturated heterocycles. The number of nitrogens with one attached hydrogen (secondary N) is 1. The fraction of sp³-hybridized carbons (Fsp3) is 0.0769. The molecular formula is C26H22N4OS. The van der Waals surface area contributed by atoms with Crippen LogP contribution < -0.4 is 11.1 Å². The summed E-state index contributed by atoms with van der Waals surface area (Å²) in [4.78, 5) is 9.37. The lowest BCUT2D eigenvalue weighted by Gasteiger charge is -2.16. The van der Waals surface area contributed by atoms with Gasteiger partial charge in [0.15, 0.2) is 5.76 Å². The maximum absolute atomic E-state index is 6.00. The van der Waals surface area contributed by atoms with Crippen molar-refractivity contribution in [1.29, 1.82) is 0 Å². The monoisotopic (exact) mass is 438 g/mol. The third kappa shape index (κ3) is 4.55. The number of hydrogen-bond donors (Lipinski definition) is 2. The molecule has 0 radical (unpaired) electrons. The molecule has 0 bridgehead atoms. The zero-order valence-electron chi connectivity index (χ0n) is 17.3. The lowest BCUT2D eigenvalue weighted by molar-refractivity contribution is 0.568. The first kappa shape index (κ1) is 20.0. The van der Waals surface area contributed by atoms with Gasteiger partial charge in [-0.05, 0) is 24.1 Å². The number of rotatable bonds is 7. The smallest absolute Gasteiger partial charge is 0.295 e. The molecule has 2 heterocycles. The van der Waals surface area contributed by atoms with E-state index < -0.39 is 0 Å². The molecule has 0 spiro atoms. The van der Waals surface area contributed by atoms with Crippen molar-refractivity contribution >= 4 is 23.0 Å². The molecule has 158 valence electrons. The van der Waals surface area contributed by atoms with Crippen LogP contribution in [0.5, 0.6) is 0 Å². The van der Waals surface area contributed by atoms with Crippen LogP contribution in [0.4, 0.5) is 11.7 Å². The normalized spacial score (nSPS) is 11.9. The quantitative estimate of drug-likeness (QED) is 0.286. The van der Waals surface area contributed by atoms with E-state index in [0.717, 1.165) is 45.3 Å². The van der Waals surface area contributed by atoms with E-state index in [1.165, 1.54) is 0 Å². The molecule has 2 aromatic heterocycles. The summed E-state index contributed by atoms with van der Waals surface area (Å²) >= 11 is 1.63. The number of nitrogens with zero attached hydrogens (tertiary/aromatic N) is 2. The van der Waals surface area contributed by atoms with E-state index >= 15 is 0 Å². The molecule has 0 amide bonds. The van der Waals surface area contributed by atoms with Crippen molar-refractivity contribution in [2.45, 2.75) is 12.5 Å². The number of nitrogen functional groups attached to an aromatic ring is 1. The Hall–Kier alpha value is -3.90. The van der Waals surface area contributed by atoms with Gasteiger partial charge in [0.05, 0.1) is 17.9 Å². The SMILES string of the molecule is Nc1ccc(C[C@H](Nc2ncc(-c3ccccc3)o2)c2csc(-c3ccccc3)n2)cc1. The minimum Gasteiger partial charge on any atom is -0.424 e. The van der Waals surface area contributed by atoms with Crippen molar-refractivity contribution in [3.63, 3.8) is 0 Å². The van der Waals surface area contributed by atoms with Crippen molar-refractivity contribution in [3.8, 4) is 21.9 Å². The van der Waals surface area contributed by atoms with Gasteiger partial charge in [-0.25, -0.2) is 9.97 Å². The van der Waals surface area contributed by atoms with Crippen molar-refractivity contribution in [2.75, 3.05) is 11.1 Å². The molecule has 5 nitrogen and oxygen atoms in total. The summed E-state index contributed by atoms with van der Waals surface area (Å²) < 4.78 is 6.00. The number of oxazole rings is 1. The number of hydrogen-bond acceptors (Lipinski definition) is 6. The molecule has 3 aromatic carbocycles. The van der Waals surface area contributed by atoms with Crippen LogP contribution in [0.25, 0.3) is 21.9 Å². The van der Waals surface area contributed by atoms with Crippen LogP contribution >= 0.6 is 11.3 Å². The van der Waals surface area contributed by atoms with Crippen molar-refractivity contribution in [1.82, 2.24) is 9.97 Å². The summed E-state index contributed by atoms with van der Waals surface area (Å²) in [6, 6.07) is 28.4.